The van der Waals surface area contributed by atoms with Crippen molar-refractivity contribution in [2.75, 3.05) is 13.1 Å². The predicted molar refractivity (Wildman–Crippen MR) is 76.8 cm³/mol. The third-order valence-corrected chi connectivity index (χ3v) is 4.85. The summed E-state index contributed by atoms with van der Waals surface area (Å²) in [6.45, 7) is 7.99. The van der Waals surface area contributed by atoms with Gasteiger partial charge in [-0.15, -0.1) is 0 Å². The molecule has 106 valence electrons. The molecule has 2 heterocycles. The third kappa shape index (κ3) is 2.84. The van der Waals surface area contributed by atoms with Crippen LogP contribution in [0.5, 0.6) is 0 Å². The summed E-state index contributed by atoms with van der Waals surface area (Å²) in [6, 6.07) is 0.722. The van der Waals surface area contributed by atoms with Crippen LogP contribution in [0.1, 0.15) is 38.7 Å². The Morgan fingerprint density at radius 2 is 2.26 bits per heavy atom. The van der Waals surface area contributed by atoms with E-state index in [2.05, 4.69) is 35.4 Å². The Labute approximate surface area is 116 Å². The minimum Gasteiger partial charge on any atom is -0.309 e. The van der Waals surface area contributed by atoms with Crippen molar-refractivity contribution >= 4 is 0 Å². The largest absolute Gasteiger partial charge is 0.309 e. The molecule has 0 aromatic carbocycles. The Balaban J connectivity index is 1.73. The van der Waals surface area contributed by atoms with Crippen molar-refractivity contribution in [3.63, 3.8) is 0 Å². The molecule has 0 amide bonds. The van der Waals surface area contributed by atoms with Crippen LogP contribution in [0.25, 0.3) is 0 Å². The van der Waals surface area contributed by atoms with Gasteiger partial charge in [0.2, 0.25) is 0 Å². The summed E-state index contributed by atoms with van der Waals surface area (Å²) in [4.78, 5) is 2.69. The topological polar surface area (TPSA) is 33.1 Å². The molecule has 0 radical (unpaired) electrons. The van der Waals surface area contributed by atoms with Crippen LogP contribution >= 0.6 is 0 Å². The molecular weight excluding hydrogens is 236 g/mol. The highest BCUT2D eigenvalue weighted by Gasteiger charge is 2.41. The lowest BCUT2D eigenvalue weighted by atomic mass is 9.92. The van der Waals surface area contributed by atoms with Crippen molar-refractivity contribution in [3.05, 3.63) is 18.0 Å². The number of nitrogens with zero attached hydrogens (tertiary/aromatic N) is 3. The van der Waals surface area contributed by atoms with E-state index >= 15 is 0 Å². The van der Waals surface area contributed by atoms with Crippen LogP contribution in [0, 0.1) is 5.92 Å². The number of rotatable bonds is 4. The summed E-state index contributed by atoms with van der Waals surface area (Å²) in [5, 5.41) is 8.07. The fourth-order valence-corrected chi connectivity index (χ4v) is 3.25. The smallest absolute Gasteiger partial charge is 0.0534 e. The van der Waals surface area contributed by atoms with Gasteiger partial charge in [-0.3, -0.25) is 9.58 Å². The van der Waals surface area contributed by atoms with E-state index < -0.39 is 0 Å². The third-order valence-electron chi connectivity index (χ3n) is 4.85. The van der Waals surface area contributed by atoms with E-state index in [1.54, 1.807) is 0 Å². The van der Waals surface area contributed by atoms with Crippen molar-refractivity contribution in [1.82, 2.24) is 20.0 Å². The van der Waals surface area contributed by atoms with Gasteiger partial charge < -0.3 is 5.32 Å². The fourth-order valence-electron chi connectivity index (χ4n) is 3.25. The van der Waals surface area contributed by atoms with E-state index in [0.717, 1.165) is 31.6 Å². The maximum Gasteiger partial charge on any atom is 0.0534 e. The van der Waals surface area contributed by atoms with E-state index in [-0.39, 0.29) is 5.54 Å². The van der Waals surface area contributed by atoms with Gasteiger partial charge in [-0.05, 0) is 32.1 Å². The molecule has 2 atom stereocenters. The average Bonchev–Trinajstić information content (AvgIpc) is 3.14. The van der Waals surface area contributed by atoms with Gasteiger partial charge in [-0.1, -0.05) is 6.92 Å². The van der Waals surface area contributed by atoms with Crippen molar-refractivity contribution in [2.45, 2.75) is 51.2 Å². The first kappa shape index (κ1) is 13.1. The first-order valence-electron chi connectivity index (χ1n) is 7.56. The zero-order chi connectivity index (χ0) is 13.5. The summed E-state index contributed by atoms with van der Waals surface area (Å²) >= 11 is 0. The van der Waals surface area contributed by atoms with E-state index in [4.69, 9.17) is 0 Å². The minimum atomic E-state index is 0.271. The molecule has 1 aromatic heterocycles. The monoisotopic (exact) mass is 262 g/mol. The molecule has 2 unspecified atom stereocenters. The molecule has 1 aromatic rings. The molecule has 1 saturated carbocycles. The molecule has 1 N–H and O–H groups in total. The number of aromatic nitrogens is 2. The molecule has 0 bridgehead atoms. The summed E-state index contributed by atoms with van der Waals surface area (Å²) in [7, 11) is 2.00. The van der Waals surface area contributed by atoms with Crippen LogP contribution in [-0.2, 0) is 13.6 Å². The molecule has 0 spiro atoms. The Morgan fingerprint density at radius 1 is 1.47 bits per heavy atom. The zero-order valence-electron chi connectivity index (χ0n) is 12.4. The Kier molecular flexibility index (Phi) is 3.39. The van der Waals surface area contributed by atoms with Gasteiger partial charge in [0.05, 0.1) is 6.20 Å². The molecule has 1 aliphatic heterocycles. The van der Waals surface area contributed by atoms with Gasteiger partial charge in [-0.2, -0.15) is 5.10 Å². The first-order chi connectivity index (χ1) is 9.09. The van der Waals surface area contributed by atoms with Gasteiger partial charge in [-0.25, -0.2) is 0 Å². The highest BCUT2D eigenvalue weighted by Crippen LogP contribution is 2.38. The highest BCUT2D eigenvalue weighted by molar-refractivity contribution is 5.07. The van der Waals surface area contributed by atoms with E-state index in [9.17, 15) is 0 Å². The van der Waals surface area contributed by atoms with Crippen LogP contribution in [0.15, 0.2) is 12.4 Å². The summed E-state index contributed by atoms with van der Waals surface area (Å²) in [5.74, 6) is 0.922. The lowest BCUT2D eigenvalue weighted by Crippen LogP contribution is -2.62. The molecule has 4 nitrogen and oxygen atoms in total. The normalized spacial score (nSPS) is 32.7. The molecule has 4 heteroatoms. The SMILES string of the molecule is CCC1(C)CN(Cc2cnn(C)c2)C(C2CC2)CN1. The standard InChI is InChI=1S/C15H26N4/c1-4-15(2)11-19(10-12-7-17-18(3)9-12)14(8-16-15)13-5-6-13/h7,9,13-14,16H,4-6,8,10-11H2,1-3H3. The van der Waals surface area contributed by atoms with Crippen LogP contribution in [0.3, 0.4) is 0 Å². The van der Waals surface area contributed by atoms with E-state index in [1.807, 2.05) is 17.9 Å². The fraction of sp³-hybridized carbons (Fsp3) is 0.800. The van der Waals surface area contributed by atoms with Crippen LogP contribution in [0.2, 0.25) is 0 Å². The Morgan fingerprint density at radius 3 is 2.84 bits per heavy atom. The minimum absolute atomic E-state index is 0.271. The number of hydrogen-bond donors (Lipinski definition) is 1. The van der Waals surface area contributed by atoms with Gasteiger partial charge in [0.15, 0.2) is 0 Å². The number of piperazine rings is 1. The van der Waals surface area contributed by atoms with Crippen LogP contribution in [0.4, 0.5) is 0 Å². The lowest BCUT2D eigenvalue weighted by molar-refractivity contribution is 0.0662. The summed E-state index contributed by atoms with van der Waals surface area (Å²) < 4.78 is 1.91. The maximum absolute atomic E-state index is 4.30. The van der Waals surface area contributed by atoms with Crippen molar-refractivity contribution in [3.8, 4) is 0 Å². The Bertz CT molecular complexity index is 437. The second-order valence-electron chi connectivity index (χ2n) is 6.63. The second kappa shape index (κ2) is 4.91. The first-order valence-corrected chi connectivity index (χ1v) is 7.56. The maximum atomic E-state index is 4.30. The van der Waals surface area contributed by atoms with Gasteiger partial charge >= 0.3 is 0 Å². The second-order valence-corrected chi connectivity index (χ2v) is 6.63. The summed E-state index contributed by atoms with van der Waals surface area (Å²) in [5.41, 5.74) is 1.61. The quantitative estimate of drug-likeness (QED) is 0.898. The van der Waals surface area contributed by atoms with Gasteiger partial charge in [0.25, 0.3) is 0 Å². The van der Waals surface area contributed by atoms with E-state index in [0.29, 0.717) is 0 Å². The van der Waals surface area contributed by atoms with Gasteiger partial charge in [0.1, 0.15) is 0 Å². The zero-order valence-corrected chi connectivity index (χ0v) is 12.4. The molecule has 2 aliphatic rings. The number of aryl methyl sites for hydroxylation is 1. The average molecular weight is 262 g/mol. The van der Waals surface area contributed by atoms with Crippen LogP contribution in [-0.4, -0.2) is 39.4 Å². The molecule has 3 rings (SSSR count). The number of nitrogens with one attached hydrogen (secondary N) is 1. The van der Waals surface area contributed by atoms with Gasteiger partial charge in [0, 0.05) is 50.0 Å². The van der Waals surface area contributed by atoms with Crippen molar-refractivity contribution < 1.29 is 0 Å². The molecule has 1 saturated heterocycles. The molecule has 2 fully saturated rings. The molecular formula is C15H26N4. The lowest BCUT2D eigenvalue weighted by Gasteiger charge is -2.46. The highest BCUT2D eigenvalue weighted by atomic mass is 15.3. The van der Waals surface area contributed by atoms with Crippen molar-refractivity contribution in [2.24, 2.45) is 13.0 Å². The van der Waals surface area contributed by atoms with E-state index in [1.165, 1.54) is 24.8 Å². The predicted octanol–water partition coefficient (Wildman–Crippen LogP) is 1.77. The van der Waals surface area contributed by atoms with Crippen LogP contribution < -0.4 is 5.32 Å². The summed E-state index contributed by atoms with van der Waals surface area (Å²) in [6.07, 6.45) is 8.18. The molecule has 1 aliphatic carbocycles. The van der Waals surface area contributed by atoms with Crippen molar-refractivity contribution in [1.29, 1.82) is 0 Å². The number of hydrogen-bond acceptors (Lipinski definition) is 3. The Hall–Kier alpha value is -0.870. The molecule has 19 heavy (non-hydrogen) atoms.